The van der Waals surface area contributed by atoms with E-state index in [2.05, 4.69) is 20.8 Å². The first kappa shape index (κ1) is 13.5. The van der Waals surface area contributed by atoms with Crippen LogP contribution in [0.4, 0.5) is 10.4 Å². The summed E-state index contributed by atoms with van der Waals surface area (Å²) in [6.45, 7) is 5.32. The highest BCUT2D eigenvalue weighted by atomic mass is 19.1. The van der Waals surface area contributed by atoms with E-state index in [1.807, 2.05) is 13.8 Å². The number of hydrogen-bond donors (Lipinski definition) is 2. The van der Waals surface area contributed by atoms with Crippen LogP contribution >= 0.6 is 0 Å². The molecular weight excluding hydrogens is 247 g/mol. The molecule has 1 heterocycles. The number of aromatic nitrogens is 2. The molecule has 0 aliphatic rings. The van der Waals surface area contributed by atoms with Crippen molar-refractivity contribution in [1.29, 1.82) is 0 Å². The minimum Gasteiger partial charge on any atom is -0.406 e. The van der Waals surface area contributed by atoms with Crippen molar-refractivity contribution in [2.45, 2.75) is 26.4 Å². The molecule has 2 rings (SSSR count). The van der Waals surface area contributed by atoms with Crippen molar-refractivity contribution in [1.82, 2.24) is 15.5 Å². The lowest BCUT2D eigenvalue weighted by Gasteiger charge is -2.06. The van der Waals surface area contributed by atoms with Gasteiger partial charge in [0, 0.05) is 6.54 Å². The summed E-state index contributed by atoms with van der Waals surface area (Å²) in [6, 6.07) is 6.65. The molecule has 1 atom stereocenters. The van der Waals surface area contributed by atoms with Gasteiger partial charge in [-0.05, 0) is 31.2 Å². The van der Waals surface area contributed by atoms with Crippen molar-refractivity contribution in [3.63, 3.8) is 0 Å². The van der Waals surface area contributed by atoms with Crippen molar-refractivity contribution >= 4 is 6.01 Å². The number of nitrogens with zero attached hydrogens (tertiary/aromatic N) is 2. The van der Waals surface area contributed by atoms with Gasteiger partial charge in [0.2, 0.25) is 5.89 Å². The highest BCUT2D eigenvalue weighted by Crippen LogP contribution is 2.14. The maximum Gasteiger partial charge on any atom is 0.315 e. The van der Waals surface area contributed by atoms with Crippen LogP contribution in [0.1, 0.15) is 31.3 Å². The fourth-order valence-corrected chi connectivity index (χ4v) is 1.65. The van der Waals surface area contributed by atoms with E-state index < -0.39 is 0 Å². The Morgan fingerprint density at radius 1 is 1.26 bits per heavy atom. The molecule has 0 amide bonds. The summed E-state index contributed by atoms with van der Waals surface area (Å²) >= 11 is 0. The topological polar surface area (TPSA) is 63.0 Å². The lowest BCUT2D eigenvalue weighted by molar-refractivity contribution is 0.428. The monoisotopic (exact) mass is 264 g/mol. The zero-order chi connectivity index (χ0) is 13.7. The molecule has 19 heavy (non-hydrogen) atoms. The largest absolute Gasteiger partial charge is 0.406 e. The second-order valence-electron chi connectivity index (χ2n) is 4.20. The molecule has 5 nitrogen and oxygen atoms in total. The second kappa shape index (κ2) is 6.29. The Balaban J connectivity index is 1.91. The molecule has 0 saturated carbocycles. The molecule has 0 aliphatic carbocycles. The predicted octanol–water partition coefficient (Wildman–Crippen LogP) is 2.49. The number of anilines is 1. The van der Waals surface area contributed by atoms with E-state index >= 15 is 0 Å². The molecule has 0 aliphatic heterocycles. The van der Waals surface area contributed by atoms with Gasteiger partial charge in [-0.15, -0.1) is 5.10 Å². The number of halogens is 1. The van der Waals surface area contributed by atoms with Gasteiger partial charge >= 0.3 is 6.01 Å². The highest BCUT2D eigenvalue weighted by Gasteiger charge is 2.12. The van der Waals surface area contributed by atoms with Crippen LogP contribution < -0.4 is 10.6 Å². The normalized spacial score (nSPS) is 12.4. The molecule has 0 spiro atoms. The predicted molar refractivity (Wildman–Crippen MR) is 70.1 cm³/mol. The van der Waals surface area contributed by atoms with E-state index in [-0.39, 0.29) is 11.9 Å². The van der Waals surface area contributed by atoms with Gasteiger partial charge in [0.1, 0.15) is 5.82 Å². The van der Waals surface area contributed by atoms with Crippen LogP contribution in [0.15, 0.2) is 28.7 Å². The Kier molecular flexibility index (Phi) is 4.46. The summed E-state index contributed by atoms with van der Waals surface area (Å²) in [5.41, 5.74) is 0.945. The smallest absolute Gasteiger partial charge is 0.315 e. The van der Waals surface area contributed by atoms with Gasteiger partial charge in [-0.3, -0.25) is 0 Å². The third kappa shape index (κ3) is 3.75. The van der Waals surface area contributed by atoms with E-state index in [1.165, 1.54) is 12.1 Å². The van der Waals surface area contributed by atoms with Gasteiger partial charge in [0.05, 0.1) is 6.04 Å². The van der Waals surface area contributed by atoms with Crippen molar-refractivity contribution < 1.29 is 8.81 Å². The number of nitrogens with one attached hydrogen (secondary N) is 2. The molecule has 0 fully saturated rings. The lowest BCUT2D eigenvalue weighted by atomic mass is 10.2. The Bertz CT molecular complexity index is 512. The zero-order valence-electron chi connectivity index (χ0n) is 11.0. The number of hydrogen-bond acceptors (Lipinski definition) is 5. The quantitative estimate of drug-likeness (QED) is 0.839. The fourth-order valence-electron chi connectivity index (χ4n) is 1.65. The maximum atomic E-state index is 12.7. The summed E-state index contributed by atoms with van der Waals surface area (Å²) in [6.07, 6.45) is 0. The van der Waals surface area contributed by atoms with Crippen LogP contribution in [0.5, 0.6) is 0 Å². The van der Waals surface area contributed by atoms with Gasteiger partial charge < -0.3 is 15.1 Å². The summed E-state index contributed by atoms with van der Waals surface area (Å²) in [4.78, 5) is 0. The van der Waals surface area contributed by atoms with Crippen LogP contribution in [-0.2, 0) is 6.54 Å². The molecule has 0 radical (unpaired) electrons. The minimum absolute atomic E-state index is 0.0267. The summed E-state index contributed by atoms with van der Waals surface area (Å²) in [5.74, 6) is 0.298. The number of rotatable bonds is 6. The van der Waals surface area contributed by atoms with E-state index in [0.717, 1.165) is 12.1 Å². The van der Waals surface area contributed by atoms with Crippen LogP contribution in [0.3, 0.4) is 0 Å². The van der Waals surface area contributed by atoms with Gasteiger partial charge in [0.15, 0.2) is 0 Å². The fraction of sp³-hybridized carbons (Fsp3) is 0.385. The van der Waals surface area contributed by atoms with Crippen molar-refractivity contribution in [3.8, 4) is 0 Å². The summed E-state index contributed by atoms with van der Waals surface area (Å²) in [7, 11) is 0. The van der Waals surface area contributed by atoms with Crippen molar-refractivity contribution in [2.24, 2.45) is 0 Å². The van der Waals surface area contributed by atoms with Crippen molar-refractivity contribution in [2.75, 3.05) is 11.9 Å². The van der Waals surface area contributed by atoms with E-state index in [0.29, 0.717) is 18.5 Å². The molecular formula is C13H17FN4O. The average Bonchev–Trinajstić information content (AvgIpc) is 2.87. The second-order valence-corrected chi connectivity index (χ2v) is 4.20. The van der Waals surface area contributed by atoms with E-state index in [4.69, 9.17) is 4.42 Å². The van der Waals surface area contributed by atoms with Crippen LogP contribution in [-0.4, -0.2) is 16.7 Å². The zero-order valence-corrected chi connectivity index (χ0v) is 11.0. The summed E-state index contributed by atoms with van der Waals surface area (Å²) in [5, 5.41) is 14.1. The summed E-state index contributed by atoms with van der Waals surface area (Å²) < 4.78 is 18.2. The van der Waals surface area contributed by atoms with Gasteiger partial charge in [0.25, 0.3) is 0 Å². The molecule has 2 N–H and O–H groups in total. The first-order valence-corrected chi connectivity index (χ1v) is 6.24. The third-order valence-corrected chi connectivity index (χ3v) is 2.68. The number of benzene rings is 1. The Labute approximate surface area is 111 Å². The first-order chi connectivity index (χ1) is 9.19. The van der Waals surface area contributed by atoms with Crippen LogP contribution in [0, 0.1) is 5.82 Å². The molecule has 6 heteroatoms. The first-order valence-electron chi connectivity index (χ1n) is 6.24. The van der Waals surface area contributed by atoms with Crippen molar-refractivity contribution in [3.05, 3.63) is 41.5 Å². The van der Waals surface area contributed by atoms with E-state index in [1.54, 1.807) is 12.1 Å². The lowest BCUT2D eigenvalue weighted by Crippen LogP contribution is -2.17. The van der Waals surface area contributed by atoms with Gasteiger partial charge in [-0.2, -0.15) is 0 Å². The molecule has 2 aromatic rings. The van der Waals surface area contributed by atoms with E-state index in [9.17, 15) is 4.39 Å². The average molecular weight is 264 g/mol. The van der Waals surface area contributed by atoms with Gasteiger partial charge in [-0.1, -0.05) is 24.2 Å². The standard InChI is InChI=1S/C13H17FN4O/c1-3-15-9(2)12-17-18-13(19-12)16-8-10-4-6-11(14)7-5-10/h4-7,9,15H,3,8H2,1-2H3,(H,16,18). The SMILES string of the molecule is CCNC(C)c1nnc(NCc2ccc(F)cc2)o1. The van der Waals surface area contributed by atoms with Crippen LogP contribution in [0.25, 0.3) is 0 Å². The minimum atomic E-state index is -0.247. The Morgan fingerprint density at radius 2 is 2.00 bits per heavy atom. The molecule has 1 unspecified atom stereocenters. The maximum absolute atomic E-state index is 12.7. The van der Waals surface area contributed by atoms with Crippen LogP contribution in [0.2, 0.25) is 0 Å². The Hall–Kier alpha value is -1.95. The molecule has 102 valence electrons. The molecule has 0 saturated heterocycles. The molecule has 1 aromatic carbocycles. The third-order valence-electron chi connectivity index (χ3n) is 2.68. The van der Waals surface area contributed by atoms with Gasteiger partial charge in [-0.25, -0.2) is 4.39 Å². The molecule has 1 aromatic heterocycles. The Morgan fingerprint density at radius 3 is 2.68 bits per heavy atom. The highest BCUT2D eigenvalue weighted by molar-refractivity contribution is 5.24. The molecule has 0 bridgehead atoms.